The molecule has 0 unspecified atom stereocenters. The molecule has 0 spiro atoms. The fourth-order valence-corrected chi connectivity index (χ4v) is 8.48. The van der Waals surface area contributed by atoms with E-state index in [-0.39, 0.29) is 12.0 Å². The monoisotopic (exact) mass is 400 g/mol. The van der Waals surface area contributed by atoms with Crippen LogP contribution < -0.4 is 0 Å². The van der Waals surface area contributed by atoms with Crippen molar-refractivity contribution in [1.29, 1.82) is 0 Å². The van der Waals surface area contributed by atoms with E-state index in [1.54, 1.807) is 5.57 Å². The molecule has 0 saturated heterocycles. The first kappa shape index (κ1) is 21.6. The van der Waals surface area contributed by atoms with Gasteiger partial charge in [-0.3, -0.25) is 4.79 Å². The number of aliphatic hydroxyl groups is 1. The SMILES string of the molecule is CC(C)C(=O)CC[C@@H](C)[C@@H]1CC[C@@H]2[C@H]3CC=C4C[C@H](O)CC[C@@]4(C)[C@@H]3CC[C@@]21C. The van der Waals surface area contributed by atoms with Crippen LogP contribution in [0.4, 0.5) is 0 Å². The molecule has 3 saturated carbocycles. The third kappa shape index (κ3) is 3.56. The van der Waals surface area contributed by atoms with Crippen molar-refractivity contribution in [2.24, 2.45) is 46.3 Å². The lowest BCUT2D eigenvalue weighted by Gasteiger charge is -2.58. The summed E-state index contributed by atoms with van der Waals surface area (Å²) >= 11 is 0. The molecule has 0 aromatic heterocycles. The minimum Gasteiger partial charge on any atom is -0.393 e. The maximum absolute atomic E-state index is 12.2. The highest BCUT2D eigenvalue weighted by Crippen LogP contribution is 2.67. The Morgan fingerprint density at radius 1 is 1.10 bits per heavy atom. The molecule has 8 atom stereocenters. The Hall–Kier alpha value is -0.630. The Balaban J connectivity index is 1.49. The molecule has 29 heavy (non-hydrogen) atoms. The van der Waals surface area contributed by atoms with Crippen LogP contribution in [0.25, 0.3) is 0 Å². The van der Waals surface area contributed by atoms with Crippen LogP contribution in [-0.4, -0.2) is 17.0 Å². The van der Waals surface area contributed by atoms with Gasteiger partial charge in [0.05, 0.1) is 6.10 Å². The number of rotatable bonds is 5. The van der Waals surface area contributed by atoms with Crippen molar-refractivity contribution in [3.05, 3.63) is 11.6 Å². The van der Waals surface area contributed by atoms with Gasteiger partial charge in [0.1, 0.15) is 5.78 Å². The molecule has 0 radical (unpaired) electrons. The standard InChI is InChI=1S/C27H44O2/c1-17(2)25(29)11-6-18(3)22-9-10-23-21-8-7-19-16-20(28)12-14-26(19,4)24(21)13-15-27(22,23)5/h7,17-18,20-24,28H,6,8-16H2,1-5H3/t18-,20-,21-,22+,23-,24-,26-,27-/m1/s1. The molecule has 2 heteroatoms. The van der Waals surface area contributed by atoms with Gasteiger partial charge in [-0.25, -0.2) is 0 Å². The Morgan fingerprint density at radius 3 is 2.59 bits per heavy atom. The van der Waals surface area contributed by atoms with Gasteiger partial charge in [-0.1, -0.05) is 46.3 Å². The number of allylic oxidation sites excluding steroid dienone is 1. The molecule has 1 N–H and O–H groups in total. The zero-order chi connectivity index (χ0) is 21.0. The molecule has 0 bridgehead atoms. The summed E-state index contributed by atoms with van der Waals surface area (Å²) in [6, 6.07) is 0. The largest absolute Gasteiger partial charge is 0.393 e. The normalized spacial score (nSPS) is 45.2. The average Bonchev–Trinajstić information content (AvgIpc) is 3.03. The summed E-state index contributed by atoms with van der Waals surface area (Å²) in [5.41, 5.74) is 2.39. The molecule has 0 aromatic rings. The average molecular weight is 401 g/mol. The molecule has 4 rings (SSSR count). The number of hydrogen-bond acceptors (Lipinski definition) is 2. The van der Waals surface area contributed by atoms with Crippen molar-refractivity contribution in [3.8, 4) is 0 Å². The molecule has 164 valence electrons. The summed E-state index contributed by atoms with van der Waals surface area (Å²) in [6.07, 6.45) is 14.1. The third-order valence-corrected chi connectivity index (χ3v) is 10.3. The number of ketones is 1. The highest BCUT2D eigenvalue weighted by Gasteiger charge is 2.59. The van der Waals surface area contributed by atoms with E-state index in [1.807, 2.05) is 13.8 Å². The van der Waals surface area contributed by atoms with Crippen molar-refractivity contribution in [3.63, 3.8) is 0 Å². The zero-order valence-electron chi connectivity index (χ0n) is 19.5. The van der Waals surface area contributed by atoms with Gasteiger partial charge >= 0.3 is 0 Å². The van der Waals surface area contributed by atoms with Crippen LogP contribution in [0.1, 0.15) is 98.8 Å². The molecule has 0 heterocycles. The first-order chi connectivity index (χ1) is 13.7. The second kappa shape index (κ2) is 7.81. The number of carbonyl (C=O) groups is 1. The van der Waals surface area contributed by atoms with E-state index in [0.717, 1.165) is 49.4 Å². The van der Waals surface area contributed by atoms with E-state index in [9.17, 15) is 9.90 Å². The summed E-state index contributed by atoms with van der Waals surface area (Å²) in [6.45, 7) is 11.6. The Kier molecular flexibility index (Phi) is 5.82. The van der Waals surface area contributed by atoms with Crippen LogP contribution in [0.15, 0.2) is 11.6 Å². The second-order valence-electron chi connectivity index (χ2n) is 12.0. The lowest BCUT2D eigenvalue weighted by atomic mass is 9.47. The fraction of sp³-hybridized carbons (Fsp3) is 0.889. The van der Waals surface area contributed by atoms with Crippen molar-refractivity contribution >= 4 is 5.78 Å². The van der Waals surface area contributed by atoms with E-state index in [0.29, 0.717) is 22.5 Å². The number of hydrogen-bond donors (Lipinski definition) is 1. The molecular weight excluding hydrogens is 356 g/mol. The minimum absolute atomic E-state index is 0.106. The first-order valence-electron chi connectivity index (χ1n) is 12.6. The van der Waals surface area contributed by atoms with Crippen LogP contribution in [-0.2, 0) is 4.79 Å². The van der Waals surface area contributed by atoms with Gasteiger partial charge in [0.2, 0.25) is 0 Å². The van der Waals surface area contributed by atoms with Crippen LogP contribution in [0, 0.1) is 46.3 Å². The number of fused-ring (bicyclic) bond motifs is 5. The summed E-state index contributed by atoms with van der Waals surface area (Å²) in [5.74, 6) is 4.60. The fourth-order valence-electron chi connectivity index (χ4n) is 8.48. The highest BCUT2D eigenvalue weighted by atomic mass is 16.3. The van der Waals surface area contributed by atoms with Gasteiger partial charge in [-0.15, -0.1) is 0 Å². The van der Waals surface area contributed by atoms with Gasteiger partial charge < -0.3 is 5.11 Å². The maximum Gasteiger partial charge on any atom is 0.135 e. The molecule has 4 aliphatic rings. The molecular formula is C27H44O2. The first-order valence-corrected chi connectivity index (χ1v) is 12.6. The van der Waals surface area contributed by atoms with Crippen LogP contribution >= 0.6 is 0 Å². The lowest BCUT2D eigenvalue weighted by molar-refractivity contribution is -0.122. The molecule has 3 fully saturated rings. The van der Waals surface area contributed by atoms with E-state index in [4.69, 9.17) is 0 Å². The zero-order valence-corrected chi connectivity index (χ0v) is 19.5. The Morgan fingerprint density at radius 2 is 1.86 bits per heavy atom. The predicted octanol–water partition coefficient (Wildman–Crippen LogP) is 6.57. The van der Waals surface area contributed by atoms with Crippen molar-refractivity contribution in [1.82, 2.24) is 0 Å². The summed E-state index contributed by atoms with van der Waals surface area (Å²) < 4.78 is 0. The Bertz CT molecular complexity index is 663. The van der Waals surface area contributed by atoms with Crippen LogP contribution in [0.2, 0.25) is 0 Å². The summed E-state index contributed by atoms with van der Waals surface area (Å²) in [4.78, 5) is 12.2. The van der Waals surface area contributed by atoms with Gasteiger partial charge in [-0.05, 0) is 98.2 Å². The van der Waals surface area contributed by atoms with Crippen molar-refractivity contribution < 1.29 is 9.90 Å². The molecule has 2 nitrogen and oxygen atoms in total. The van der Waals surface area contributed by atoms with Gasteiger partial charge in [0.25, 0.3) is 0 Å². The number of aliphatic hydroxyl groups excluding tert-OH is 1. The molecule has 0 aromatic carbocycles. The lowest BCUT2D eigenvalue weighted by Crippen LogP contribution is -2.50. The number of carbonyl (C=O) groups excluding carboxylic acids is 1. The van der Waals surface area contributed by atoms with E-state index in [1.165, 1.54) is 38.5 Å². The summed E-state index contributed by atoms with van der Waals surface area (Å²) in [5, 5.41) is 10.2. The van der Waals surface area contributed by atoms with Crippen LogP contribution in [0.3, 0.4) is 0 Å². The Labute approximate surface area is 178 Å². The van der Waals surface area contributed by atoms with E-state index < -0.39 is 0 Å². The molecule has 0 amide bonds. The van der Waals surface area contributed by atoms with Gasteiger partial charge in [0, 0.05) is 12.3 Å². The maximum atomic E-state index is 12.2. The smallest absolute Gasteiger partial charge is 0.135 e. The van der Waals surface area contributed by atoms with E-state index in [2.05, 4.69) is 26.8 Å². The van der Waals surface area contributed by atoms with Crippen molar-refractivity contribution in [2.45, 2.75) is 105 Å². The summed E-state index contributed by atoms with van der Waals surface area (Å²) in [7, 11) is 0. The second-order valence-corrected chi connectivity index (χ2v) is 12.0. The van der Waals surface area contributed by atoms with Gasteiger partial charge in [0.15, 0.2) is 0 Å². The molecule has 4 aliphatic carbocycles. The molecule has 0 aliphatic heterocycles. The number of Topliss-reactive ketones (excluding diaryl/α,β-unsaturated/α-hetero) is 1. The predicted molar refractivity (Wildman–Crippen MR) is 119 cm³/mol. The quantitative estimate of drug-likeness (QED) is 0.530. The van der Waals surface area contributed by atoms with Gasteiger partial charge in [-0.2, -0.15) is 0 Å². The topological polar surface area (TPSA) is 37.3 Å². The van der Waals surface area contributed by atoms with E-state index >= 15 is 0 Å². The minimum atomic E-state index is -0.106. The highest BCUT2D eigenvalue weighted by molar-refractivity contribution is 5.80. The third-order valence-electron chi connectivity index (χ3n) is 10.3. The van der Waals surface area contributed by atoms with Crippen LogP contribution in [0.5, 0.6) is 0 Å². The van der Waals surface area contributed by atoms with Crippen molar-refractivity contribution in [2.75, 3.05) is 0 Å².